The number of benzene rings is 4. The number of methoxy groups -OCH3 is 1. The Morgan fingerprint density at radius 1 is 0.730 bits per heavy atom. The van der Waals surface area contributed by atoms with Gasteiger partial charge in [0.15, 0.2) is 0 Å². The summed E-state index contributed by atoms with van der Waals surface area (Å²) in [6.45, 7) is 0.364. The Bertz CT molecular complexity index is 2210. The highest BCUT2D eigenvalue weighted by molar-refractivity contribution is 5.92. The van der Waals surface area contributed by atoms with Crippen LogP contribution in [0.25, 0.3) is 11.1 Å². The van der Waals surface area contributed by atoms with E-state index in [1.54, 1.807) is 24.3 Å². The molecule has 0 bridgehead atoms. The van der Waals surface area contributed by atoms with Crippen molar-refractivity contribution in [1.29, 1.82) is 0 Å². The van der Waals surface area contributed by atoms with Gasteiger partial charge in [0.1, 0.15) is 37.1 Å². The Morgan fingerprint density at radius 2 is 1.30 bits per heavy atom. The lowest BCUT2D eigenvalue weighted by Crippen LogP contribution is -2.61. The lowest BCUT2D eigenvalue weighted by molar-refractivity contribution is -0.175. The molecule has 0 heterocycles. The SMILES string of the molecule is COc1ccc(C(NC(=O)C(Cc2ccc(CNC(=O)O)cc2)NC(=O)OCC2c3ccccc3-c3ccccc32)C(=O)NC(C(C)C)C(O)C(F)(F)C(=O)NCC(F)(F)F)cc1. The maximum Gasteiger partial charge on any atom is 0.407 e. The second-order valence-corrected chi connectivity index (χ2v) is 15.1. The van der Waals surface area contributed by atoms with E-state index < -0.39 is 78.7 Å². The maximum atomic E-state index is 15.2. The van der Waals surface area contributed by atoms with E-state index in [0.717, 1.165) is 27.6 Å². The Hall–Kier alpha value is -6.76. The van der Waals surface area contributed by atoms with Gasteiger partial charge in [-0.1, -0.05) is 98.8 Å². The molecule has 4 atom stereocenters. The number of carboxylic acid groups (broad SMARTS) is 1. The lowest BCUT2D eigenvalue weighted by atomic mass is 9.92. The molecule has 5 rings (SSSR count). The lowest BCUT2D eigenvalue weighted by Gasteiger charge is -2.33. The molecule has 0 saturated carbocycles. The van der Waals surface area contributed by atoms with E-state index in [0.29, 0.717) is 16.9 Å². The van der Waals surface area contributed by atoms with Crippen molar-refractivity contribution in [2.75, 3.05) is 20.3 Å². The molecule has 14 nitrogen and oxygen atoms in total. The number of amides is 5. The Labute approximate surface area is 358 Å². The predicted molar refractivity (Wildman–Crippen MR) is 218 cm³/mol. The fourth-order valence-electron chi connectivity index (χ4n) is 7.05. The molecule has 4 aromatic rings. The van der Waals surface area contributed by atoms with Gasteiger partial charge in [-0.05, 0) is 57.0 Å². The highest BCUT2D eigenvalue weighted by Gasteiger charge is 2.52. The average Bonchev–Trinajstić information content (AvgIpc) is 3.57. The van der Waals surface area contributed by atoms with Crippen molar-refractivity contribution in [2.45, 2.75) is 69.1 Å². The van der Waals surface area contributed by atoms with Crippen LogP contribution in [0.2, 0.25) is 0 Å². The van der Waals surface area contributed by atoms with E-state index in [1.165, 1.54) is 45.2 Å². The minimum absolute atomic E-state index is 0.0214. The van der Waals surface area contributed by atoms with Gasteiger partial charge in [0.25, 0.3) is 5.91 Å². The number of carbonyl (C=O) groups is 5. The van der Waals surface area contributed by atoms with Crippen molar-refractivity contribution in [3.63, 3.8) is 0 Å². The zero-order valence-corrected chi connectivity index (χ0v) is 34.2. The van der Waals surface area contributed by atoms with Crippen LogP contribution < -0.4 is 31.3 Å². The monoisotopic (exact) mass is 883 g/mol. The summed E-state index contributed by atoms with van der Waals surface area (Å²) < 4.78 is 79.4. The van der Waals surface area contributed by atoms with Crippen molar-refractivity contribution in [2.24, 2.45) is 5.92 Å². The highest BCUT2D eigenvalue weighted by atomic mass is 19.4. The minimum atomic E-state index is -5.03. The first kappa shape index (κ1) is 47.3. The van der Waals surface area contributed by atoms with E-state index in [1.807, 2.05) is 48.5 Å². The number of hydrogen-bond donors (Lipinski definition) is 7. The molecule has 0 fully saturated rings. The van der Waals surface area contributed by atoms with Crippen LogP contribution in [0.4, 0.5) is 31.5 Å². The molecule has 1 aliphatic carbocycles. The zero-order chi connectivity index (χ0) is 46.1. The van der Waals surface area contributed by atoms with Crippen LogP contribution in [0.3, 0.4) is 0 Å². The second kappa shape index (κ2) is 20.4. The summed E-state index contributed by atoms with van der Waals surface area (Å²) in [5.41, 5.74) is 4.94. The van der Waals surface area contributed by atoms with Gasteiger partial charge in [-0.3, -0.25) is 14.4 Å². The third kappa shape index (κ3) is 12.2. The van der Waals surface area contributed by atoms with Crippen molar-refractivity contribution < 1.29 is 65.6 Å². The standard InChI is InChI=1S/C44H46F5N5O9/c1-24(2)35(37(55)44(48,49)40(58)51-23-43(45,46)47)53-39(57)36(27-16-18-28(62-3)19-17-27)54-38(56)34(20-25-12-14-26(15-13-25)21-50-41(59)60)52-42(61)63-22-33-31-10-6-4-8-29(31)30-9-5-7-11-32(30)33/h4-19,24,33-37,50,55H,20-23H2,1-3H3,(H,51,58)(H,52,61)(H,53,57)(H,54,56)(H,59,60). The quantitative estimate of drug-likeness (QED) is 0.0622. The van der Waals surface area contributed by atoms with Gasteiger partial charge in [0.05, 0.1) is 13.2 Å². The van der Waals surface area contributed by atoms with Crippen LogP contribution in [-0.2, 0) is 32.1 Å². The van der Waals surface area contributed by atoms with Gasteiger partial charge >= 0.3 is 24.3 Å². The first-order valence-corrected chi connectivity index (χ1v) is 19.6. The van der Waals surface area contributed by atoms with Gasteiger partial charge in [-0.25, -0.2) is 9.59 Å². The van der Waals surface area contributed by atoms with Crippen LogP contribution in [0, 0.1) is 5.92 Å². The van der Waals surface area contributed by atoms with Crippen LogP contribution in [0.1, 0.15) is 53.6 Å². The molecule has 63 heavy (non-hydrogen) atoms. The van der Waals surface area contributed by atoms with Crippen LogP contribution in [0.15, 0.2) is 97.1 Å². The summed E-state index contributed by atoms with van der Waals surface area (Å²) in [5.74, 6) is -10.4. The molecular formula is C44H46F5N5O9. The van der Waals surface area contributed by atoms with Gasteiger partial charge < -0.3 is 46.3 Å². The second-order valence-electron chi connectivity index (χ2n) is 15.1. The Kier molecular flexibility index (Phi) is 15.3. The van der Waals surface area contributed by atoms with E-state index >= 15 is 8.78 Å². The topological polar surface area (TPSA) is 204 Å². The molecule has 0 radical (unpaired) electrons. The number of ether oxygens (including phenoxy) is 2. The fourth-order valence-corrected chi connectivity index (χ4v) is 7.05. The smallest absolute Gasteiger partial charge is 0.407 e. The third-order valence-corrected chi connectivity index (χ3v) is 10.3. The van der Waals surface area contributed by atoms with Crippen LogP contribution in [-0.4, -0.2) is 90.7 Å². The van der Waals surface area contributed by atoms with Crippen molar-refractivity contribution >= 4 is 29.9 Å². The number of alkyl halides is 5. The number of fused-ring (bicyclic) bond motifs is 3. The van der Waals surface area contributed by atoms with Crippen molar-refractivity contribution in [3.05, 3.63) is 125 Å². The zero-order valence-electron chi connectivity index (χ0n) is 34.2. The molecule has 0 spiro atoms. The largest absolute Gasteiger partial charge is 0.497 e. The molecule has 19 heteroatoms. The summed E-state index contributed by atoms with van der Waals surface area (Å²) >= 11 is 0. The summed E-state index contributed by atoms with van der Waals surface area (Å²) in [6, 6.07) is 22.1. The number of alkyl carbamates (subject to hydrolysis) is 1. The van der Waals surface area contributed by atoms with Crippen LogP contribution >= 0.6 is 0 Å². The molecule has 4 aromatic carbocycles. The molecule has 0 aliphatic heterocycles. The third-order valence-electron chi connectivity index (χ3n) is 10.3. The first-order chi connectivity index (χ1) is 29.8. The molecule has 0 aromatic heterocycles. The first-order valence-electron chi connectivity index (χ1n) is 19.6. The fraction of sp³-hybridized carbons (Fsp3) is 0.341. The van der Waals surface area contributed by atoms with Gasteiger partial charge in [0, 0.05) is 18.9 Å². The number of aliphatic hydroxyl groups excluding tert-OH is 1. The molecule has 0 saturated heterocycles. The van der Waals surface area contributed by atoms with Crippen molar-refractivity contribution in [3.8, 4) is 16.9 Å². The number of carbonyl (C=O) groups excluding carboxylic acids is 4. The number of nitrogens with one attached hydrogen (secondary N) is 5. The van der Waals surface area contributed by atoms with E-state index in [-0.39, 0.29) is 31.1 Å². The van der Waals surface area contributed by atoms with Gasteiger partial charge in [-0.15, -0.1) is 0 Å². The Balaban J connectivity index is 1.41. The average molecular weight is 884 g/mol. The number of hydrogen-bond acceptors (Lipinski definition) is 8. The van der Waals surface area contributed by atoms with E-state index in [2.05, 4.69) is 21.3 Å². The number of aliphatic hydroxyl groups is 1. The molecule has 4 unspecified atom stereocenters. The number of halogens is 5. The van der Waals surface area contributed by atoms with Crippen molar-refractivity contribution in [1.82, 2.24) is 26.6 Å². The molecule has 336 valence electrons. The summed E-state index contributed by atoms with van der Waals surface area (Å²) in [7, 11) is 1.37. The molecule has 1 aliphatic rings. The summed E-state index contributed by atoms with van der Waals surface area (Å²) in [6.07, 6.45) is -10.5. The summed E-state index contributed by atoms with van der Waals surface area (Å²) in [4.78, 5) is 65.1. The molecular weight excluding hydrogens is 838 g/mol. The minimum Gasteiger partial charge on any atom is -0.497 e. The molecule has 7 N–H and O–H groups in total. The Morgan fingerprint density at radius 3 is 1.84 bits per heavy atom. The van der Waals surface area contributed by atoms with E-state index in [9.17, 15) is 42.3 Å². The van der Waals surface area contributed by atoms with Gasteiger partial charge in [0.2, 0.25) is 11.8 Å². The number of rotatable bonds is 18. The normalized spacial score (nSPS) is 14.3. The van der Waals surface area contributed by atoms with Crippen LogP contribution in [0.5, 0.6) is 5.75 Å². The summed E-state index contributed by atoms with van der Waals surface area (Å²) in [5, 5.41) is 30.3. The predicted octanol–water partition coefficient (Wildman–Crippen LogP) is 5.59. The molecule has 5 amide bonds. The maximum absolute atomic E-state index is 15.2. The van der Waals surface area contributed by atoms with Gasteiger partial charge in [-0.2, -0.15) is 22.0 Å². The highest BCUT2D eigenvalue weighted by Crippen LogP contribution is 2.44. The van der Waals surface area contributed by atoms with E-state index in [4.69, 9.17) is 14.6 Å².